The number of hydrogen-bond acceptors (Lipinski definition) is 6. The van der Waals surface area contributed by atoms with Crippen molar-refractivity contribution in [2.24, 2.45) is 17.6 Å². The summed E-state index contributed by atoms with van der Waals surface area (Å²) in [7, 11) is 0. The SMILES string of the molecule is NC(C(=O)O)(C(C=O)C(=O)c1ccc(OC(F)(F)F)cc1)C1c2ccccc2NC2CCC21. The Balaban J connectivity index is 1.72. The van der Waals surface area contributed by atoms with Gasteiger partial charge >= 0.3 is 12.3 Å². The maximum atomic E-state index is 13.2. The lowest BCUT2D eigenvalue weighted by atomic mass is 9.56. The highest BCUT2D eigenvalue weighted by Crippen LogP contribution is 2.53. The number of carbonyl (C=O) groups is 3. The minimum atomic E-state index is -4.91. The molecule has 7 nitrogen and oxygen atoms in total. The lowest BCUT2D eigenvalue weighted by Gasteiger charge is -2.53. The van der Waals surface area contributed by atoms with Gasteiger partial charge < -0.3 is 25.7 Å². The molecular weight excluding hydrogens is 441 g/mol. The largest absolute Gasteiger partial charge is 0.573 e. The van der Waals surface area contributed by atoms with Gasteiger partial charge in [-0.2, -0.15) is 0 Å². The van der Waals surface area contributed by atoms with E-state index in [1.807, 2.05) is 0 Å². The summed E-state index contributed by atoms with van der Waals surface area (Å²) >= 11 is 0. The van der Waals surface area contributed by atoms with Crippen LogP contribution in [0.15, 0.2) is 48.5 Å². The lowest BCUT2D eigenvalue weighted by molar-refractivity contribution is -0.274. The number of Topliss-reactive ketones (excluding diaryl/α,β-unsaturated/α-hetero) is 1. The molecule has 5 atom stereocenters. The number of ketones is 1. The van der Waals surface area contributed by atoms with E-state index in [0.717, 1.165) is 30.7 Å². The Morgan fingerprint density at radius 3 is 2.33 bits per heavy atom. The van der Waals surface area contributed by atoms with Crippen LogP contribution in [0.3, 0.4) is 0 Å². The first-order valence-electron chi connectivity index (χ1n) is 10.3. The number of carboxylic acids is 1. The number of halogens is 3. The fraction of sp³-hybridized carbons (Fsp3) is 0.348. The first-order valence-corrected chi connectivity index (χ1v) is 10.3. The van der Waals surface area contributed by atoms with Crippen LogP contribution in [0.25, 0.3) is 0 Å². The van der Waals surface area contributed by atoms with Gasteiger partial charge in [0.2, 0.25) is 0 Å². The molecule has 1 heterocycles. The number of aliphatic carboxylic acids is 1. The highest BCUT2D eigenvalue weighted by molar-refractivity contribution is 6.10. The number of carbonyl (C=O) groups excluding carboxylic acids is 2. The number of hydrogen-bond donors (Lipinski definition) is 3. The minimum absolute atomic E-state index is 0.0339. The van der Waals surface area contributed by atoms with Gasteiger partial charge in [-0.1, -0.05) is 18.2 Å². The monoisotopic (exact) mass is 462 g/mol. The summed E-state index contributed by atoms with van der Waals surface area (Å²) in [6, 6.07) is 10.9. The fourth-order valence-corrected chi connectivity index (χ4v) is 4.90. The van der Waals surface area contributed by atoms with Gasteiger partial charge in [-0.3, -0.25) is 9.59 Å². The Labute approximate surface area is 186 Å². The molecule has 2 aromatic rings. The first-order chi connectivity index (χ1) is 15.6. The van der Waals surface area contributed by atoms with Crippen LogP contribution < -0.4 is 15.8 Å². The Hall–Kier alpha value is -3.40. The molecule has 0 amide bonds. The zero-order valence-electron chi connectivity index (χ0n) is 17.2. The van der Waals surface area contributed by atoms with Crippen molar-refractivity contribution in [2.75, 3.05) is 5.32 Å². The summed E-state index contributed by atoms with van der Waals surface area (Å²) in [6.07, 6.45) is -3.22. The standard InChI is InChI=1S/C23H21F3N2O5/c24-23(25,26)33-13-7-5-12(6-8-13)20(30)16(11-29)22(27,21(31)32)19-14-3-1-2-4-17(14)28-18-10-9-15(18)19/h1-8,11,15-16,18-19,28H,9-10,27H2,(H,31,32). The van der Waals surface area contributed by atoms with Gasteiger partial charge in [0.1, 0.15) is 23.5 Å². The molecule has 0 radical (unpaired) electrons. The third-order valence-corrected chi connectivity index (χ3v) is 6.58. The number of fused-ring (bicyclic) bond motifs is 2. The summed E-state index contributed by atoms with van der Waals surface area (Å²) in [5.74, 6) is -5.72. The van der Waals surface area contributed by atoms with Gasteiger partial charge in [-0.05, 0) is 54.7 Å². The van der Waals surface area contributed by atoms with E-state index in [4.69, 9.17) is 5.73 Å². The minimum Gasteiger partial charge on any atom is -0.480 e. The molecule has 5 unspecified atom stereocenters. The van der Waals surface area contributed by atoms with E-state index in [9.17, 15) is 32.7 Å². The van der Waals surface area contributed by atoms with Crippen molar-refractivity contribution >= 4 is 23.7 Å². The van der Waals surface area contributed by atoms with Crippen LogP contribution in [0.5, 0.6) is 5.75 Å². The molecule has 1 aliphatic carbocycles. The average Bonchev–Trinajstić information content (AvgIpc) is 2.74. The number of ether oxygens (including phenoxy) is 1. The smallest absolute Gasteiger partial charge is 0.480 e. The Bertz CT molecular complexity index is 1090. The lowest BCUT2D eigenvalue weighted by Crippen LogP contribution is -2.66. The molecule has 1 saturated carbocycles. The number of nitrogens with one attached hydrogen (secondary N) is 1. The van der Waals surface area contributed by atoms with Crippen LogP contribution in [0.2, 0.25) is 0 Å². The van der Waals surface area contributed by atoms with Crippen LogP contribution >= 0.6 is 0 Å². The van der Waals surface area contributed by atoms with Crippen molar-refractivity contribution in [3.8, 4) is 5.75 Å². The summed E-state index contributed by atoms with van der Waals surface area (Å²) in [5, 5.41) is 13.6. The number of benzene rings is 2. The molecule has 0 bridgehead atoms. The van der Waals surface area contributed by atoms with E-state index in [0.29, 0.717) is 17.7 Å². The van der Waals surface area contributed by atoms with Gasteiger partial charge in [0, 0.05) is 23.2 Å². The topological polar surface area (TPSA) is 119 Å². The molecule has 2 aromatic carbocycles. The zero-order chi connectivity index (χ0) is 24.0. The molecule has 0 aromatic heterocycles. The highest BCUT2D eigenvalue weighted by Gasteiger charge is 2.59. The van der Waals surface area contributed by atoms with Gasteiger partial charge in [0.25, 0.3) is 0 Å². The van der Waals surface area contributed by atoms with Gasteiger partial charge in [-0.25, -0.2) is 0 Å². The molecular formula is C23H21F3N2O5. The molecule has 10 heteroatoms. The number of carboxylic acid groups (broad SMARTS) is 1. The van der Waals surface area contributed by atoms with Gasteiger partial charge in [0.05, 0.1) is 0 Å². The number of para-hydroxylation sites is 1. The van der Waals surface area contributed by atoms with E-state index < -0.39 is 41.2 Å². The maximum absolute atomic E-state index is 13.2. The predicted octanol–water partition coefficient (Wildman–Crippen LogP) is 3.35. The predicted molar refractivity (Wildman–Crippen MR) is 111 cm³/mol. The van der Waals surface area contributed by atoms with Crippen molar-refractivity contribution in [3.05, 3.63) is 59.7 Å². The normalized spacial score (nSPS) is 24.1. The van der Waals surface area contributed by atoms with E-state index in [1.54, 1.807) is 24.3 Å². The number of nitrogens with two attached hydrogens (primary N) is 1. The van der Waals surface area contributed by atoms with Crippen LogP contribution in [-0.4, -0.2) is 41.1 Å². The van der Waals surface area contributed by atoms with E-state index >= 15 is 0 Å². The molecule has 4 rings (SSSR count). The first kappa shape index (κ1) is 22.8. The maximum Gasteiger partial charge on any atom is 0.573 e. The van der Waals surface area contributed by atoms with Crippen LogP contribution in [0.4, 0.5) is 18.9 Å². The molecule has 1 aliphatic heterocycles. The quantitative estimate of drug-likeness (QED) is 0.328. The van der Waals surface area contributed by atoms with Crippen molar-refractivity contribution < 1.29 is 37.4 Å². The zero-order valence-corrected chi connectivity index (χ0v) is 17.2. The second-order valence-corrected chi connectivity index (χ2v) is 8.35. The number of anilines is 1. The number of alkyl halides is 3. The van der Waals surface area contributed by atoms with E-state index in [1.165, 1.54) is 0 Å². The summed E-state index contributed by atoms with van der Waals surface area (Å²) in [4.78, 5) is 37.9. The molecule has 4 N–H and O–H groups in total. The molecule has 33 heavy (non-hydrogen) atoms. The van der Waals surface area contributed by atoms with Crippen LogP contribution in [0.1, 0.15) is 34.7 Å². The molecule has 0 saturated heterocycles. The van der Waals surface area contributed by atoms with E-state index in [-0.39, 0.29) is 23.8 Å². The average molecular weight is 462 g/mol. The Morgan fingerprint density at radius 2 is 1.79 bits per heavy atom. The fourth-order valence-electron chi connectivity index (χ4n) is 4.90. The number of rotatable bonds is 7. The van der Waals surface area contributed by atoms with Crippen LogP contribution in [0, 0.1) is 11.8 Å². The Kier molecular flexibility index (Phi) is 5.65. The third kappa shape index (κ3) is 3.95. The molecule has 0 spiro atoms. The number of aldehydes is 1. The van der Waals surface area contributed by atoms with Gasteiger partial charge in [0.15, 0.2) is 5.78 Å². The molecule has 2 aliphatic rings. The Morgan fingerprint density at radius 1 is 1.12 bits per heavy atom. The van der Waals surface area contributed by atoms with Gasteiger partial charge in [-0.15, -0.1) is 13.2 Å². The van der Waals surface area contributed by atoms with Crippen LogP contribution in [-0.2, 0) is 9.59 Å². The second-order valence-electron chi connectivity index (χ2n) is 8.35. The summed E-state index contributed by atoms with van der Waals surface area (Å²) in [5.41, 5.74) is 5.37. The summed E-state index contributed by atoms with van der Waals surface area (Å²) in [6.45, 7) is 0. The van der Waals surface area contributed by atoms with Crippen molar-refractivity contribution in [1.29, 1.82) is 0 Å². The van der Waals surface area contributed by atoms with E-state index in [2.05, 4.69) is 10.1 Å². The van der Waals surface area contributed by atoms with Crippen molar-refractivity contribution in [3.63, 3.8) is 0 Å². The second kappa shape index (κ2) is 8.18. The highest BCUT2D eigenvalue weighted by atomic mass is 19.4. The molecule has 174 valence electrons. The van der Waals surface area contributed by atoms with Crippen molar-refractivity contribution in [2.45, 2.75) is 36.7 Å². The molecule has 1 fully saturated rings. The van der Waals surface area contributed by atoms with Crippen molar-refractivity contribution in [1.82, 2.24) is 0 Å². The third-order valence-electron chi connectivity index (χ3n) is 6.58. The summed E-state index contributed by atoms with van der Waals surface area (Å²) < 4.78 is 41.0.